The average molecular weight is 258 g/mol. The summed E-state index contributed by atoms with van der Waals surface area (Å²) in [5.41, 5.74) is 1.63. The minimum Gasteiger partial charge on any atom is -0.350 e. The number of hydrogen-bond donors (Lipinski definition) is 1. The highest BCUT2D eigenvalue weighted by Gasteiger charge is 2.19. The van der Waals surface area contributed by atoms with E-state index in [-0.39, 0.29) is 11.8 Å². The highest BCUT2D eigenvalue weighted by atomic mass is 16.2. The molecule has 1 aromatic carbocycles. The molecule has 1 fully saturated rings. The lowest BCUT2D eigenvalue weighted by Crippen LogP contribution is -2.41. The lowest BCUT2D eigenvalue weighted by Gasteiger charge is -2.27. The fourth-order valence-corrected chi connectivity index (χ4v) is 2.06. The molecule has 1 heterocycles. The Kier molecular flexibility index (Phi) is 4.34. The number of nitrogens with one attached hydrogen (secondary N) is 1. The van der Waals surface area contributed by atoms with E-state index < -0.39 is 0 Å². The summed E-state index contributed by atoms with van der Waals surface area (Å²) in [7, 11) is 0. The summed E-state index contributed by atoms with van der Waals surface area (Å²) in [6, 6.07) is 9.07. The molecule has 1 aromatic rings. The van der Waals surface area contributed by atoms with Crippen molar-refractivity contribution in [1.82, 2.24) is 10.2 Å². The van der Waals surface area contributed by atoms with Gasteiger partial charge < -0.3 is 10.2 Å². The predicted molar refractivity (Wildman–Crippen MR) is 73.7 cm³/mol. The van der Waals surface area contributed by atoms with Crippen LogP contribution in [-0.4, -0.2) is 36.3 Å². The monoisotopic (exact) mass is 258 g/mol. The van der Waals surface area contributed by atoms with Crippen LogP contribution in [0.15, 0.2) is 42.5 Å². The molecule has 1 saturated heterocycles. The van der Waals surface area contributed by atoms with Crippen LogP contribution in [-0.2, 0) is 4.79 Å². The number of carbonyl (C=O) groups excluding carboxylic acids is 2. The van der Waals surface area contributed by atoms with Gasteiger partial charge in [0.2, 0.25) is 5.91 Å². The van der Waals surface area contributed by atoms with Gasteiger partial charge in [-0.05, 0) is 18.6 Å². The summed E-state index contributed by atoms with van der Waals surface area (Å²) in [5, 5.41) is 2.82. The van der Waals surface area contributed by atoms with Crippen LogP contribution >= 0.6 is 0 Å². The predicted octanol–water partition coefficient (Wildman–Crippen LogP) is 1.60. The number of carbonyl (C=O) groups is 2. The topological polar surface area (TPSA) is 49.4 Å². The minimum atomic E-state index is -0.102. The third-order valence-electron chi connectivity index (χ3n) is 3.19. The fourth-order valence-electron chi connectivity index (χ4n) is 2.06. The van der Waals surface area contributed by atoms with Crippen LogP contribution < -0.4 is 5.32 Å². The zero-order chi connectivity index (χ0) is 13.7. The first-order valence-electron chi connectivity index (χ1n) is 6.44. The van der Waals surface area contributed by atoms with E-state index in [1.165, 1.54) is 0 Å². The summed E-state index contributed by atoms with van der Waals surface area (Å²) >= 11 is 0. The normalized spacial score (nSPS) is 15.5. The maximum absolute atomic E-state index is 11.8. The zero-order valence-electron chi connectivity index (χ0n) is 10.9. The number of likely N-dealkylation sites (tertiary alicyclic amines) is 1. The first-order chi connectivity index (χ1) is 9.16. The molecule has 4 nitrogen and oxygen atoms in total. The Morgan fingerprint density at radius 3 is 2.74 bits per heavy atom. The van der Waals surface area contributed by atoms with Crippen LogP contribution in [0, 0.1) is 0 Å². The Hall–Kier alpha value is -2.10. The number of rotatable bonds is 4. The molecule has 0 atom stereocenters. The Labute approximate surface area is 113 Å². The lowest BCUT2D eigenvalue weighted by molar-refractivity contribution is -0.131. The van der Waals surface area contributed by atoms with Gasteiger partial charge >= 0.3 is 0 Å². The van der Waals surface area contributed by atoms with Crippen LogP contribution in [0.1, 0.15) is 23.2 Å². The number of hydrogen-bond acceptors (Lipinski definition) is 2. The van der Waals surface area contributed by atoms with Crippen molar-refractivity contribution >= 4 is 11.8 Å². The number of amides is 2. The molecule has 0 unspecified atom stereocenters. The SMILES string of the molecule is C=C1CCN(CCNC(=O)c2ccccc2)C(=O)C1. The van der Waals surface area contributed by atoms with Crippen molar-refractivity contribution < 1.29 is 9.59 Å². The van der Waals surface area contributed by atoms with Gasteiger partial charge in [-0.25, -0.2) is 0 Å². The molecule has 0 radical (unpaired) electrons. The first kappa shape index (κ1) is 13.3. The summed E-state index contributed by atoms with van der Waals surface area (Å²) in [5.74, 6) is -0.000298. The number of benzene rings is 1. The summed E-state index contributed by atoms with van der Waals surface area (Å²) in [6.07, 6.45) is 1.30. The van der Waals surface area contributed by atoms with Gasteiger partial charge in [0.15, 0.2) is 0 Å². The summed E-state index contributed by atoms with van der Waals surface area (Å²) in [4.78, 5) is 25.3. The molecule has 0 aliphatic carbocycles. The van der Waals surface area contributed by atoms with Crippen molar-refractivity contribution in [3.05, 3.63) is 48.0 Å². The highest BCUT2D eigenvalue weighted by Crippen LogP contribution is 2.14. The Morgan fingerprint density at radius 2 is 2.05 bits per heavy atom. The molecular weight excluding hydrogens is 240 g/mol. The van der Waals surface area contributed by atoms with E-state index in [2.05, 4.69) is 11.9 Å². The molecule has 0 aromatic heterocycles. The second-order valence-corrected chi connectivity index (χ2v) is 4.68. The molecular formula is C15H18N2O2. The molecule has 0 bridgehead atoms. The molecule has 4 heteroatoms. The van der Waals surface area contributed by atoms with Crippen molar-refractivity contribution in [3.8, 4) is 0 Å². The Balaban J connectivity index is 1.76. The maximum Gasteiger partial charge on any atom is 0.251 e. The van der Waals surface area contributed by atoms with Gasteiger partial charge in [-0.3, -0.25) is 9.59 Å². The van der Waals surface area contributed by atoms with Crippen molar-refractivity contribution in [1.29, 1.82) is 0 Å². The van der Waals surface area contributed by atoms with E-state index in [0.29, 0.717) is 31.6 Å². The van der Waals surface area contributed by atoms with Crippen molar-refractivity contribution in [2.45, 2.75) is 12.8 Å². The van der Waals surface area contributed by atoms with Gasteiger partial charge in [-0.15, -0.1) is 0 Å². The molecule has 1 N–H and O–H groups in total. The fraction of sp³-hybridized carbons (Fsp3) is 0.333. The molecule has 1 aliphatic rings. The van der Waals surface area contributed by atoms with Gasteiger partial charge in [0, 0.05) is 31.6 Å². The molecule has 0 saturated carbocycles. The Bertz CT molecular complexity index is 482. The zero-order valence-corrected chi connectivity index (χ0v) is 10.9. The molecule has 19 heavy (non-hydrogen) atoms. The van der Waals surface area contributed by atoms with Gasteiger partial charge in [0.25, 0.3) is 5.91 Å². The smallest absolute Gasteiger partial charge is 0.251 e. The van der Waals surface area contributed by atoms with Crippen molar-refractivity contribution in [2.24, 2.45) is 0 Å². The van der Waals surface area contributed by atoms with Crippen LogP contribution in [0.5, 0.6) is 0 Å². The molecule has 100 valence electrons. The number of piperidine rings is 1. The van der Waals surface area contributed by atoms with Gasteiger partial charge in [-0.2, -0.15) is 0 Å². The third-order valence-corrected chi connectivity index (χ3v) is 3.19. The Morgan fingerprint density at radius 1 is 1.32 bits per heavy atom. The summed E-state index contributed by atoms with van der Waals surface area (Å²) in [6.45, 7) is 5.58. The van der Waals surface area contributed by atoms with E-state index >= 15 is 0 Å². The van der Waals surface area contributed by atoms with Crippen molar-refractivity contribution in [2.75, 3.05) is 19.6 Å². The van der Waals surface area contributed by atoms with Crippen molar-refractivity contribution in [3.63, 3.8) is 0 Å². The summed E-state index contributed by atoms with van der Waals surface area (Å²) < 4.78 is 0. The minimum absolute atomic E-state index is 0.102. The van der Waals surface area contributed by atoms with Crippen LogP contribution in [0.3, 0.4) is 0 Å². The second-order valence-electron chi connectivity index (χ2n) is 4.68. The average Bonchev–Trinajstić information content (AvgIpc) is 2.42. The number of nitrogens with zero attached hydrogens (tertiary/aromatic N) is 1. The molecule has 2 amide bonds. The van der Waals surface area contributed by atoms with Crippen LogP contribution in [0.2, 0.25) is 0 Å². The van der Waals surface area contributed by atoms with Gasteiger partial charge in [0.1, 0.15) is 0 Å². The second kappa shape index (κ2) is 6.18. The largest absolute Gasteiger partial charge is 0.350 e. The quantitative estimate of drug-likeness (QED) is 0.834. The van der Waals surface area contributed by atoms with E-state index in [1.54, 1.807) is 17.0 Å². The highest BCUT2D eigenvalue weighted by molar-refractivity contribution is 5.94. The maximum atomic E-state index is 11.8. The van der Waals surface area contributed by atoms with Crippen LogP contribution in [0.4, 0.5) is 0 Å². The van der Waals surface area contributed by atoms with E-state index in [4.69, 9.17) is 0 Å². The first-order valence-corrected chi connectivity index (χ1v) is 6.44. The molecule has 0 spiro atoms. The van der Waals surface area contributed by atoms with E-state index in [1.807, 2.05) is 18.2 Å². The lowest BCUT2D eigenvalue weighted by atomic mass is 10.1. The van der Waals surface area contributed by atoms with E-state index in [9.17, 15) is 9.59 Å². The van der Waals surface area contributed by atoms with E-state index in [0.717, 1.165) is 12.0 Å². The van der Waals surface area contributed by atoms with Gasteiger partial charge in [-0.1, -0.05) is 30.4 Å². The molecule has 2 rings (SSSR count). The molecule has 1 aliphatic heterocycles. The standard InChI is InChI=1S/C15H18N2O2/c1-12-7-9-17(14(18)11-12)10-8-16-15(19)13-5-3-2-4-6-13/h2-6H,1,7-11H2,(H,16,19). The van der Waals surface area contributed by atoms with Crippen LogP contribution in [0.25, 0.3) is 0 Å². The van der Waals surface area contributed by atoms with Gasteiger partial charge in [0.05, 0.1) is 0 Å². The third kappa shape index (κ3) is 3.68.